The third kappa shape index (κ3) is 2.88. The molecule has 18 heavy (non-hydrogen) atoms. The van der Waals surface area contributed by atoms with E-state index >= 15 is 0 Å². The van der Waals surface area contributed by atoms with Crippen molar-refractivity contribution < 1.29 is 4.79 Å². The van der Waals surface area contributed by atoms with Crippen molar-refractivity contribution in [3.05, 3.63) is 65.7 Å². The minimum atomic E-state index is -0.307. The highest BCUT2D eigenvalue weighted by Gasteiger charge is 2.17. The lowest BCUT2D eigenvalue weighted by atomic mass is 9.91. The smallest absolute Gasteiger partial charge is 0.225 e. The number of rotatable bonds is 4. The second-order valence-electron chi connectivity index (χ2n) is 4.31. The van der Waals surface area contributed by atoms with Crippen LogP contribution >= 0.6 is 0 Å². The molecule has 3 nitrogen and oxygen atoms in total. The Balaban J connectivity index is 2.22. The number of nitrogen functional groups attached to an aromatic ring is 1. The molecule has 1 atom stereocenters. The summed E-state index contributed by atoms with van der Waals surface area (Å²) in [6, 6.07) is 17.1. The molecular weight excluding hydrogens is 224 g/mol. The van der Waals surface area contributed by atoms with Gasteiger partial charge in [0.25, 0.3) is 0 Å². The molecule has 0 aliphatic heterocycles. The maximum atomic E-state index is 11.6. The third-order valence-electron chi connectivity index (χ3n) is 2.96. The molecule has 4 N–H and O–H groups in total. The van der Waals surface area contributed by atoms with E-state index < -0.39 is 0 Å². The molecule has 0 aliphatic rings. The normalized spacial score (nSPS) is 12.0. The summed E-state index contributed by atoms with van der Waals surface area (Å²) < 4.78 is 0. The number of benzene rings is 2. The van der Waals surface area contributed by atoms with Gasteiger partial charge >= 0.3 is 0 Å². The summed E-state index contributed by atoms with van der Waals surface area (Å²) >= 11 is 0. The molecule has 1 unspecified atom stereocenters. The van der Waals surface area contributed by atoms with Gasteiger partial charge < -0.3 is 11.5 Å². The zero-order valence-electron chi connectivity index (χ0n) is 10.0. The standard InChI is InChI=1S/C15H16N2O/c16-13-8-6-11(7-9-13)10-14(15(17)18)12-4-2-1-3-5-12/h1-9,14H,10,16H2,(H2,17,18). The summed E-state index contributed by atoms with van der Waals surface area (Å²) in [6.45, 7) is 0. The van der Waals surface area contributed by atoms with Crippen LogP contribution in [0.2, 0.25) is 0 Å². The van der Waals surface area contributed by atoms with Gasteiger partial charge in [0.15, 0.2) is 0 Å². The van der Waals surface area contributed by atoms with Crippen LogP contribution in [-0.2, 0) is 11.2 Å². The van der Waals surface area contributed by atoms with Crippen molar-refractivity contribution in [1.82, 2.24) is 0 Å². The van der Waals surface area contributed by atoms with E-state index in [1.165, 1.54) is 0 Å². The van der Waals surface area contributed by atoms with Crippen molar-refractivity contribution in [2.75, 3.05) is 5.73 Å². The number of amides is 1. The second-order valence-corrected chi connectivity index (χ2v) is 4.31. The van der Waals surface area contributed by atoms with E-state index in [2.05, 4.69) is 0 Å². The van der Waals surface area contributed by atoms with Gasteiger partial charge in [0, 0.05) is 5.69 Å². The fourth-order valence-electron chi connectivity index (χ4n) is 1.96. The summed E-state index contributed by atoms with van der Waals surface area (Å²) in [5, 5.41) is 0. The Bertz CT molecular complexity index is 520. The van der Waals surface area contributed by atoms with E-state index in [0.29, 0.717) is 12.1 Å². The van der Waals surface area contributed by atoms with E-state index in [4.69, 9.17) is 11.5 Å². The van der Waals surface area contributed by atoms with Crippen LogP contribution in [0.1, 0.15) is 17.0 Å². The predicted molar refractivity (Wildman–Crippen MR) is 72.9 cm³/mol. The first kappa shape index (κ1) is 12.2. The molecule has 2 aromatic rings. The van der Waals surface area contributed by atoms with Crippen molar-refractivity contribution in [2.24, 2.45) is 5.73 Å². The van der Waals surface area contributed by atoms with E-state index in [1.807, 2.05) is 54.6 Å². The SMILES string of the molecule is NC(=O)C(Cc1ccc(N)cc1)c1ccccc1. The summed E-state index contributed by atoms with van der Waals surface area (Å²) in [5.74, 6) is -0.604. The molecule has 0 bridgehead atoms. The lowest BCUT2D eigenvalue weighted by Crippen LogP contribution is -2.23. The zero-order chi connectivity index (χ0) is 13.0. The van der Waals surface area contributed by atoms with Gasteiger partial charge in [0.05, 0.1) is 5.92 Å². The van der Waals surface area contributed by atoms with Gasteiger partial charge in [-0.25, -0.2) is 0 Å². The van der Waals surface area contributed by atoms with Gasteiger partial charge in [0.2, 0.25) is 5.91 Å². The molecular formula is C15H16N2O. The summed E-state index contributed by atoms with van der Waals surface area (Å²) in [4.78, 5) is 11.6. The highest BCUT2D eigenvalue weighted by molar-refractivity contribution is 5.82. The minimum absolute atomic E-state index is 0.296. The first-order chi connectivity index (χ1) is 8.66. The van der Waals surface area contributed by atoms with Crippen LogP contribution < -0.4 is 11.5 Å². The molecule has 2 rings (SSSR count). The fourth-order valence-corrected chi connectivity index (χ4v) is 1.96. The van der Waals surface area contributed by atoms with Crippen LogP contribution in [0.4, 0.5) is 5.69 Å². The molecule has 3 heteroatoms. The molecule has 0 fully saturated rings. The van der Waals surface area contributed by atoms with Crippen LogP contribution in [0, 0.1) is 0 Å². The average Bonchev–Trinajstić information content (AvgIpc) is 2.38. The Kier molecular flexibility index (Phi) is 3.63. The number of hydrogen-bond donors (Lipinski definition) is 2. The quantitative estimate of drug-likeness (QED) is 0.803. The maximum Gasteiger partial charge on any atom is 0.225 e. The Morgan fingerprint density at radius 1 is 1.00 bits per heavy atom. The van der Waals surface area contributed by atoms with Gasteiger partial charge in [-0.1, -0.05) is 42.5 Å². The van der Waals surface area contributed by atoms with E-state index in [1.54, 1.807) is 0 Å². The highest BCUT2D eigenvalue weighted by atomic mass is 16.1. The van der Waals surface area contributed by atoms with Crippen molar-refractivity contribution in [3.63, 3.8) is 0 Å². The van der Waals surface area contributed by atoms with E-state index in [9.17, 15) is 4.79 Å². The molecule has 1 amide bonds. The summed E-state index contributed by atoms with van der Waals surface area (Å²) in [7, 11) is 0. The minimum Gasteiger partial charge on any atom is -0.399 e. The predicted octanol–water partition coefficient (Wildman–Crippen LogP) is 2.08. The van der Waals surface area contributed by atoms with Gasteiger partial charge in [0.1, 0.15) is 0 Å². The molecule has 0 aromatic heterocycles. The van der Waals surface area contributed by atoms with Gasteiger partial charge in [-0.2, -0.15) is 0 Å². The lowest BCUT2D eigenvalue weighted by Gasteiger charge is -2.13. The van der Waals surface area contributed by atoms with Crippen molar-refractivity contribution in [1.29, 1.82) is 0 Å². The lowest BCUT2D eigenvalue weighted by molar-refractivity contribution is -0.119. The highest BCUT2D eigenvalue weighted by Crippen LogP contribution is 2.21. The van der Waals surface area contributed by atoms with Crippen molar-refractivity contribution in [3.8, 4) is 0 Å². The fraction of sp³-hybridized carbons (Fsp3) is 0.133. The first-order valence-corrected chi connectivity index (χ1v) is 5.85. The number of hydrogen-bond acceptors (Lipinski definition) is 2. The summed E-state index contributed by atoms with van der Waals surface area (Å²) in [5.41, 5.74) is 13.8. The average molecular weight is 240 g/mol. The zero-order valence-corrected chi connectivity index (χ0v) is 10.0. The Morgan fingerprint density at radius 2 is 1.61 bits per heavy atom. The number of nitrogens with two attached hydrogens (primary N) is 2. The Hall–Kier alpha value is -2.29. The number of anilines is 1. The first-order valence-electron chi connectivity index (χ1n) is 5.85. The van der Waals surface area contributed by atoms with Crippen molar-refractivity contribution in [2.45, 2.75) is 12.3 Å². The molecule has 2 aromatic carbocycles. The number of primary amides is 1. The van der Waals surface area contributed by atoms with Gasteiger partial charge in [-0.05, 0) is 29.7 Å². The monoisotopic (exact) mass is 240 g/mol. The van der Waals surface area contributed by atoms with Crippen LogP contribution in [-0.4, -0.2) is 5.91 Å². The van der Waals surface area contributed by atoms with Gasteiger partial charge in [-0.3, -0.25) is 4.79 Å². The van der Waals surface area contributed by atoms with Gasteiger partial charge in [-0.15, -0.1) is 0 Å². The van der Waals surface area contributed by atoms with E-state index in [0.717, 1.165) is 11.1 Å². The van der Waals surface area contributed by atoms with Crippen LogP contribution in [0.3, 0.4) is 0 Å². The topological polar surface area (TPSA) is 69.1 Å². The molecule has 0 heterocycles. The maximum absolute atomic E-state index is 11.6. The Labute approximate surface area is 106 Å². The van der Waals surface area contributed by atoms with E-state index in [-0.39, 0.29) is 11.8 Å². The molecule has 0 spiro atoms. The van der Waals surface area contributed by atoms with Crippen LogP contribution in [0.5, 0.6) is 0 Å². The summed E-state index contributed by atoms with van der Waals surface area (Å²) in [6.07, 6.45) is 0.597. The Morgan fingerprint density at radius 3 is 2.17 bits per heavy atom. The van der Waals surface area contributed by atoms with Crippen molar-refractivity contribution >= 4 is 11.6 Å². The molecule has 92 valence electrons. The molecule has 0 radical (unpaired) electrons. The van der Waals surface area contributed by atoms with Crippen LogP contribution in [0.25, 0.3) is 0 Å². The van der Waals surface area contributed by atoms with Crippen LogP contribution in [0.15, 0.2) is 54.6 Å². The molecule has 0 saturated heterocycles. The number of carbonyl (C=O) groups is 1. The molecule has 0 saturated carbocycles. The largest absolute Gasteiger partial charge is 0.399 e. The molecule has 0 aliphatic carbocycles. The second kappa shape index (κ2) is 5.36. The number of carbonyl (C=O) groups excluding carboxylic acids is 1. The third-order valence-corrected chi connectivity index (χ3v) is 2.96.